The molecule has 0 spiro atoms. The summed E-state index contributed by atoms with van der Waals surface area (Å²) in [7, 11) is -6.28. The summed E-state index contributed by atoms with van der Waals surface area (Å²) in [5, 5.41) is 17.4. The Kier molecular flexibility index (Phi) is 16.3. The minimum Gasteiger partial charge on any atom is -0.415 e. The number of hydrogen-bond donors (Lipinski definition) is 1. The predicted molar refractivity (Wildman–Crippen MR) is 233 cm³/mol. The van der Waals surface area contributed by atoms with Crippen LogP contribution < -0.4 is 5.32 Å². The first-order valence-corrected chi connectivity index (χ1v) is 29.5. The van der Waals surface area contributed by atoms with Crippen molar-refractivity contribution < 1.29 is 23.0 Å². The normalized spacial score (nSPS) is 22.9. The van der Waals surface area contributed by atoms with Crippen molar-refractivity contribution in [1.82, 2.24) is 9.96 Å². The molecule has 0 amide bonds. The van der Waals surface area contributed by atoms with Gasteiger partial charge >= 0.3 is 0 Å². The Balaban J connectivity index is 1.73. The van der Waals surface area contributed by atoms with E-state index in [1.54, 1.807) is 6.07 Å². The molecule has 1 N–H and O–H groups in total. The van der Waals surface area contributed by atoms with Crippen LogP contribution >= 0.6 is 0 Å². The van der Waals surface area contributed by atoms with Crippen LogP contribution in [0, 0.1) is 16.0 Å². The second-order valence-corrected chi connectivity index (χ2v) is 35.1. The van der Waals surface area contributed by atoms with Gasteiger partial charge in [0, 0.05) is 32.2 Å². The highest BCUT2D eigenvalue weighted by Gasteiger charge is 2.52. The molecule has 2 aliphatic heterocycles. The summed E-state index contributed by atoms with van der Waals surface area (Å²) in [6.07, 6.45) is 5.12. The summed E-state index contributed by atoms with van der Waals surface area (Å²) in [5.74, 6) is 0.326. The van der Waals surface area contributed by atoms with Crippen molar-refractivity contribution in [2.24, 2.45) is 5.92 Å². The van der Waals surface area contributed by atoms with E-state index in [4.69, 9.17) is 18.1 Å². The molecule has 4 atom stereocenters. The fraction of sp³-hybridized carbons (Fsp3) is 0.854. The van der Waals surface area contributed by atoms with Crippen molar-refractivity contribution in [3.8, 4) is 0 Å². The number of hydroxylamine groups is 2. The highest BCUT2D eigenvalue weighted by molar-refractivity contribution is 6.75. The van der Waals surface area contributed by atoms with Gasteiger partial charge in [-0.15, -0.1) is 0 Å². The number of nitrogens with zero attached hydrogens (tertiary/aromatic N) is 3. The van der Waals surface area contributed by atoms with E-state index >= 15 is 0 Å². The number of piperidine rings is 1. The van der Waals surface area contributed by atoms with Gasteiger partial charge in [-0.25, -0.2) is 0 Å². The molecule has 2 aliphatic rings. The molecule has 0 bridgehead atoms. The number of benzene rings is 1. The third-order valence-electron chi connectivity index (χ3n) is 13.3. The lowest BCUT2D eigenvalue weighted by Gasteiger charge is -2.54. The van der Waals surface area contributed by atoms with E-state index in [2.05, 4.69) is 119 Å². The van der Waals surface area contributed by atoms with Gasteiger partial charge < -0.3 is 18.6 Å². The average Bonchev–Trinajstić information content (AvgIpc) is 3.53. The molecule has 54 heavy (non-hydrogen) atoms. The molecule has 10 nitrogen and oxygen atoms in total. The summed E-state index contributed by atoms with van der Waals surface area (Å²) in [4.78, 5) is 19.9. The minimum atomic E-state index is -2.16. The Morgan fingerprint density at radius 3 is 1.96 bits per heavy atom. The molecule has 312 valence electrons. The summed E-state index contributed by atoms with van der Waals surface area (Å²) in [6, 6.07) is 5.60. The second-order valence-electron chi connectivity index (χ2n) is 20.8. The highest BCUT2D eigenvalue weighted by Crippen LogP contribution is 2.44. The fourth-order valence-electron chi connectivity index (χ4n) is 6.51. The highest BCUT2D eigenvalue weighted by atomic mass is 28.4. The third-order valence-corrected chi connectivity index (χ3v) is 26.7. The quantitative estimate of drug-likeness (QED) is 0.0672. The molecule has 0 radical (unpaired) electrons. The molecule has 3 rings (SSSR count). The Morgan fingerprint density at radius 1 is 0.852 bits per heavy atom. The maximum atomic E-state index is 11.9. The smallest absolute Gasteiger partial charge is 0.292 e. The number of nitro benzene ring substituents is 1. The number of nitro groups is 1. The summed E-state index contributed by atoms with van der Waals surface area (Å²) in [5.41, 5.74) is 1.60. The fourth-order valence-corrected chi connectivity index (χ4v) is 10.3. The van der Waals surface area contributed by atoms with Crippen LogP contribution in [0.1, 0.15) is 107 Å². The molecule has 0 unspecified atom stereocenters. The Labute approximate surface area is 333 Å². The standard InChI is InChI=1S/C41H80N4O6Si3/c1-32-29-43(25-20-18-17-19-24-42-34-23-22-33(28-35(34)45(46)47)30-44-26-21-27-48-44)36(31-49-52(11,12)39(2,3)4)38(51-54(15,16)41(8,9)10)37(32)50-53(13,14)40(5,6)7/h22-23,28,32,36-38,42H,17-21,24-27,29-31H2,1-16H3/t32-,36+,37+,38+/m0/s1. The van der Waals surface area contributed by atoms with Gasteiger partial charge in [0.05, 0.1) is 36.4 Å². The molecular formula is C41H80N4O6Si3. The lowest BCUT2D eigenvalue weighted by atomic mass is 9.88. The van der Waals surface area contributed by atoms with Crippen LogP contribution in [0.3, 0.4) is 0 Å². The van der Waals surface area contributed by atoms with Gasteiger partial charge in [-0.1, -0.05) is 88.1 Å². The Morgan fingerprint density at radius 2 is 1.43 bits per heavy atom. The van der Waals surface area contributed by atoms with E-state index in [9.17, 15) is 10.1 Å². The van der Waals surface area contributed by atoms with Crippen LogP contribution in [0.4, 0.5) is 11.4 Å². The van der Waals surface area contributed by atoms with Crippen molar-refractivity contribution in [2.45, 2.75) is 181 Å². The van der Waals surface area contributed by atoms with Gasteiger partial charge in [-0.3, -0.25) is 19.9 Å². The number of unbranched alkanes of at least 4 members (excludes halogenated alkanes) is 3. The number of rotatable bonds is 18. The largest absolute Gasteiger partial charge is 0.415 e. The molecule has 0 saturated carbocycles. The summed E-state index contributed by atoms with van der Waals surface area (Å²) < 4.78 is 22.0. The first kappa shape index (κ1) is 47.2. The molecule has 2 fully saturated rings. The molecule has 2 heterocycles. The zero-order valence-corrected chi connectivity index (χ0v) is 40.3. The van der Waals surface area contributed by atoms with Crippen molar-refractivity contribution >= 4 is 36.3 Å². The van der Waals surface area contributed by atoms with Crippen molar-refractivity contribution in [3.63, 3.8) is 0 Å². The molecule has 0 aliphatic carbocycles. The Bertz CT molecular complexity index is 1350. The number of anilines is 1. The van der Waals surface area contributed by atoms with Gasteiger partial charge in [-0.05, 0) is 97.8 Å². The van der Waals surface area contributed by atoms with Crippen LogP contribution in [0.5, 0.6) is 0 Å². The lowest BCUT2D eigenvalue weighted by Crippen LogP contribution is -2.66. The van der Waals surface area contributed by atoms with E-state index in [0.717, 1.165) is 57.3 Å². The lowest BCUT2D eigenvalue weighted by molar-refractivity contribution is -0.384. The average molecular weight is 809 g/mol. The maximum absolute atomic E-state index is 11.9. The number of hydrogen-bond acceptors (Lipinski definition) is 9. The molecule has 13 heteroatoms. The van der Waals surface area contributed by atoms with E-state index in [1.165, 1.54) is 0 Å². The molecular weight excluding hydrogens is 729 g/mol. The third kappa shape index (κ3) is 12.7. The summed E-state index contributed by atoms with van der Waals surface area (Å²) >= 11 is 0. The van der Waals surface area contributed by atoms with Crippen LogP contribution in [-0.4, -0.2) is 97.5 Å². The topological polar surface area (TPSA) is 98.6 Å². The molecule has 1 aromatic carbocycles. The monoisotopic (exact) mass is 809 g/mol. The first-order chi connectivity index (χ1) is 24.7. The van der Waals surface area contributed by atoms with Crippen LogP contribution in [-0.2, 0) is 24.7 Å². The van der Waals surface area contributed by atoms with Crippen molar-refractivity contribution in [1.29, 1.82) is 0 Å². The van der Waals surface area contributed by atoms with Gasteiger partial charge in [0.15, 0.2) is 25.0 Å². The van der Waals surface area contributed by atoms with Crippen LogP contribution in [0.15, 0.2) is 18.2 Å². The minimum absolute atomic E-state index is 0.0158. The van der Waals surface area contributed by atoms with Crippen molar-refractivity contribution in [3.05, 3.63) is 33.9 Å². The van der Waals surface area contributed by atoms with Gasteiger partial charge in [-0.2, -0.15) is 5.06 Å². The predicted octanol–water partition coefficient (Wildman–Crippen LogP) is 10.8. The number of likely N-dealkylation sites (tertiary alicyclic amines) is 1. The molecule has 2 saturated heterocycles. The van der Waals surface area contributed by atoms with E-state index in [0.29, 0.717) is 37.9 Å². The van der Waals surface area contributed by atoms with Gasteiger partial charge in [0.25, 0.3) is 5.69 Å². The zero-order chi connectivity index (χ0) is 40.9. The SMILES string of the molecule is C[C@H]1CN(CCCCCCNc2ccc(CN3CCCO3)cc2[N+](=O)[O-])[C@H](CO[Si](C)(C)C(C)(C)C)[C@@H](O[Si](C)(C)C(C)(C)C)[C@@H]1O[Si](C)(C)C(C)(C)C. The van der Waals surface area contributed by atoms with E-state index in [1.807, 2.05) is 17.2 Å². The van der Waals surface area contributed by atoms with Gasteiger partial charge in [0.1, 0.15) is 5.69 Å². The van der Waals surface area contributed by atoms with Crippen molar-refractivity contribution in [2.75, 3.05) is 44.7 Å². The molecule has 0 aromatic heterocycles. The van der Waals surface area contributed by atoms with E-state index in [-0.39, 0.29) is 44.0 Å². The number of nitrogens with one attached hydrogen (secondary N) is 1. The molecule has 1 aromatic rings. The summed E-state index contributed by atoms with van der Waals surface area (Å²) in [6.45, 7) is 43.0. The van der Waals surface area contributed by atoms with Crippen LogP contribution in [0.2, 0.25) is 54.4 Å². The Hall–Kier alpha value is -1.17. The first-order valence-electron chi connectivity index (χ1n) is 20.8. The van der Waals surface area contributed by atoms with Crippen LogP contribution in [0.25, 0.3) is 0 Å². The maximum Gasteiger partial charge on any atom is 0.292 e. The zero-order valence-electron chi connectivity index (χ0n) is 37.3. The van der Waals surface area contributed by atoms with E-state index < -0.39 is 25.0 Å². The van der Waals surface area contributed by atoms with Gasteiger partial charge in [0.2, 0.25) is 0 Å². The second kappa shape index (κ2) is 18.6.